The van der Waals surface area contributed by atoms with Crippen LogP contribution in [0.5, 0.6) is 0 Å². The SMILES string of the molecule is CC1=CN(C)C2=CC(C(C)C)=C(OCC#N)CC12. The van der Waals surface area contributed by atoms with Crippen molar-refractivity contribution in [1.29, 1.82) is 5.26 Å². The van der Waals surface area contributed by atoms with Crippen molar-refractivity contribution in [3.63, 3.8) is 0 Å². The zero-order chi connectivity index (χ0) is 13.3. The van der Waals surface area contributed by atoms with Crippen LogP contribution in [0.4, 0.5) is 0 Å². The first-order valence-electron chi connectivity index (χ1n) is 6.40. The van der Waals surface area contributed by atoms with Gasteiger partial charge in [-0.15, -0.1) is 0 Å². The minimum absolute atomic E-state index is 0.139. The summed E-state index contributed by atoms with van der Waals surface area (Å²) in [4.78, 5) is 2.20. The third-order valence-electron chi connectivity index (χ3n) is 3.66. The summed E-state index contributed by atoms with van der Waals surface area (Å²) in [7, 11) is 2.09. The molecule has 0 aromatic rings. The van der Waals surface area contributed by atoms with E-state index in [1.54, 1.807) is 0 Å². The maximum Gasteiger partial charge on any atom is 0.174 e. The molecule has 3 nitrogen and oxygen atoms in total. The highest BCUT2D eigenvalue weighted by Crippen LogP contribution is 2.41. The molecule has 0 spiro atoms. The number of fused-ring (bicyclic) bond motifs is 1. The van der Waals surface area contributed by atoms with Crippen molar-refractivity contribution >= 4 is 0 Å². The zero-order valence-corrected chi connectivity index (χ0v) is 11.5. The average Bonchev–Trinajstić information content (AvgIpc) is 2.61. The summed E-state index contributed by atoms with van der Waals surface area (Å²) in [6.07, 6.45) is 5.30. The lowest BCUT2D eigenvalue weighted by Crippen LogP contribution is -2.19. The summed E-state index contributed by atoms with van der Waals surface area (Å²) in [6.45, 7) is 6.62. The summed E-state index contributed by atoms with van der Waals surface area (Å²) < 4.78 is 5.63. The van der Waals surface area contributed by atoms with Crippen LogP contribution in [0, 0.1) is 23.2 Å². The molecule has 2 rings (SSSR count). The molecule has 0 fully saturated rings. The first-order valence-corrected chi connectivity index (χ1v) is 6.40. The van der Waals surface area contributed by atoms with Gasteiger partial charge in [-0.25, -0.2) is 0 Å². The van der Waals surface area contributed by atoms with Gasteiger partial charge in [0.25, 0.3) is 0 Å². The van der Waals surface area contributed by atoms with Gasteiger partial charge in [0.1, 0.15) is 11.8 Å². The second kappa shape index (κ2) is 4.89. The highest BCUT2D eigenvalue weighted by molar-refractivity contribution is 5.41. The van der Waals surface area contributed by atoms with E-state index >= 15 is 0 Å². The number of allylic oxidation sites excluding steroid dienone is 4. The smallest absolute Gasteiger partial charge is 0.174 e. The van der Waals surface area contributed by atoms with Gasteiger partial charge in [0.05, 0.1) is 0 Å². The Hall–Kier alpha value is -1.69. The van der Waals surface area contributed by atoms with E-state index in [1.807, 2.05) is 0 Å². The van der Waals surface area contributed by atoms with Gasteiger partial charge < -0.3 is 9.64 Å². The standard InChI is InChI=1S/C15H20N2O/c1-10(2)12-7-14-13(11(3)9-17(14)4)8-15(12)18-6-5-16/h7,9-10,13H,6,8H2,1-4H3. The Morgan fingerprint density at radius 3 is 2.89 bits per heavy atom. The molecule has 2 aliphatic rings. The molecule has 0 aromatic carbocycles. The van der Waals surface area contributed by atoms with Gasteiger partial charge in [0.2, 0.25) is 0 Å². The van der Waals surface area contributed by atoms with Crippen molar-refractivity contribution in [3.8, 4) is 6.07 Å². The Balaban J connectivity index is 2.33. The Labute approximate surface area is 109 Å². The second-order valence-electron chi connectivity index (χ2n) is 5.29. The largest absolute Gasteiger partial charge is 0.483 e. The number of nitriles is 1. The van der Waals surface area contributed by atoms with E-state index in [4.69, 9.17) is 10.00 Å². The molecule has 0 saturated heterocycles. The summed E-state index contributed by atoms with van der Waals surface area (Å²) in [6, 6.07) is 2.05. The third-order valence-corrected chi connectivity index (χ3v) is 3.66. The van der Waals surface area contributed by atoms with Gasteiger partial charge >= 0.3 is 0 Å². The molecule has 1 aliphatic heterocycles. The Morgan fingerprint density at radius 2 is 2.28 bits per heavy atom. The van der Waals surface area contributed by atoms with E-state index in [9.17, 15) is 0 Å². The number of nitrogens with zero attached hydrogens (tertiary/aromatic N) is 2. The fourth-order valence-corrected chi connectivity index (χ4v) is 2.71. The van der Waals surface area contributed by atoms with Crippen molar-refractivity contribution in [2.24, 2.45) is 11.8 Å². The number of ether oxygens (including phenoxy) is 1. The molecule has 3 heteroatoms. The lowest BCUT2D eigenvalue weighted by Gasteiger charge is -2.28. The van der Waals surface area contributed by atoms with E-state index in [-0.39, 0.29) is 6.61 Å². The Bertz CT molecular complexity index is 477. The molecular formula is C15H20N2O. The fraction of sp³-hybridized carbons (Fsp3) is 0.533. The quantitative estimate of drug-likeness (QED) is 0.765. The maximum absolute atomic E-state index is 8.67. The van der Waals surface area contributed by atoms with Gasteiger partial charge in [0, 0.05) is 31.3 Å². The normalized spacial score (nSPS) is 22.7. The van der Waals surface area contributed by atoms with E-state index in [2.05, 4.69) is 51.1 Å². The number of hydrogen-bond donors (Lipinski definition) is 0. The van der Waals surface area contributed by atoms with Gasteiger partial charge in [-0.2, -0.15) is 5.26 Å². The molecule has 0 bridgehead atoms. The molecule has 0 radical (unpaired) electrons. The molecule has 1 unspecified atom stereocenters. The van der Waals surface area contributed by atoms with Crippen molar-refractivity contribution < 1.29 is 4.74 Å². The van der Waals surface area contributed by atoms with Crippen LogP contribution in [0.25, 0.3) is 0 Å². The van der Waals surface area contributed by atoms with Gasteiger partial charge in [0.15, 0.2) is 6.61 Å². The van der Waals surface area contributed by atoms with Crippen LogP contribution in [-0.4, -0.2) is 18.6 Å². The van der Waals surface area contributed by atoms with Crippen molar-refractivity contribution in [1.82, 2.24) is 4.90 Å². The molecule has 18 heavy (non-hydrogen) atoms. The van der Waals surface area contributed by atoms with E-state index in [0.717, 1.165) is 12.2 Å². The maximum atomic E-state index is 8.67. The molecule has 1 aliphatic carbocycles. The summed E-state index contributed by atoms with van der Waals surface area (Å²) >= 11 is 0. The van der Waals surface area contributed by atoms with Crippen molar-refractivity contribution in [2.75, 3.05) is 13.7 Å². The third kappa shape index (κ3) is 2.15. The average molecular weight is 244 g/mol. The summed E-state index contributed by atoms with van der Waals surface area (Å²) in [5.74, 6) is 1.83. The molecule has 0 saturated carbocycles. The lowest BCUT2D eigenvalue weighted by molar-refractivity contribution is 0.223. The predicted molar refractivity (Wildman–Crippen MR) is 71.1 cm³/mol. The number of hydrogen-bond acceptors (Lipinski definition) is 3. The van der Waals surface area contributed by atoms with E-state index in [0.29, 0.717) is 11.8 Å². The van der Waals surface area contributed by atoms with Crippen molar-refractivity contribution in [3.05, 3.63) is 34.9 Å². The molecular weight excluding hydrogens is 224 g/mol. The van der Waals surface area contributed by atoms with Gasteiger partial charge in [-0.3, -0.25) is 0 Å². The van der Waals surface area contributed by atoms with Crippen LogP contribution in [-0.2, 0) is 4.74 Å². The van der Waals surface area contributed by atoms with Crippen LogP contribution in [0.2, 0.25) is 0 Å². The highest BCUT2D eigenvalue weighted by atomic mass is 16.5. The topological polar surface area (TPSA) is 36.3 Å². The van der Waals surface area contributed by atoms with Crippen LogP contribution in [0.3, 0.4) is 0 Å². The van der Waals surface area contributed by atoms with Crippen LogP contribution in [0.1, 0.15) is 27.2 Å². The molecule has 1 heterocycles. The van der Waals surface area contributed by atoms with Crippen LogP contribution in [0.15, 0.2) is 34.9 Å². The van der Waals surface area contributed by atoms with Crippen molar-refractivity contribution in [2.45, 2.75) is 27.2 Å². The number of rotatable bonds is 3. The predicted octanol–water partition coefficient (Wildman–Crippen LogP) is 3.19. The minimum atomic E-state index is 0.139. The van der Waals surface area contributed by atoms with Gasteiger partial charge in [-0.1, -0.05) is 13.8 Å². The summed E-state index contributed by atoms with van der Waals surface area (Å²) in [5, 5.41) is 8.67. The minimum Gasteiger partial charge on any atom is -0.483 e. The Morgan fingerprint density at radius 1 is 1.56 bits per heavy atom. The van der Waals surface area contributed by atoms with E-state index in [1.165, 1.54) is 16.8 Å². The fourth-order valence-electron chi connectivity index (χ4n) is 2.71. The van der Waals surface area contributed by atoms with Crippen LogP contribution >= 0.6 is 0 Å². The Kier molecular flexibility index (Phi) is 3.47. The molecule has 0 aromatic heterocycles. The first-order chi connectivity index (χ1) is 8.54. The molecule has 0 amide bonds. The molecule has 96 valence electrons. The van der Waals surface area contributed by atoms with Gasteiger partial charge in [-0.05, 0) is 30.1 Å². The second-order valence-corrected chi connectivity index (χ2v) is 5.29. The summed E-state index contributed by atoms with van der Waals surface area (Å²) in [5.41, 5.74) is 3.94. The molecule has 0 N–H and O–H groups in total. The van der Waals surface area contributed by atoms with E-state index < -0.39 is 0 Å². The molecule has 1 atom stereocenters. The first kappa shape index (κ1) is 12.8. The lowest BCUT2D eigenvalue weighted by atomic mass is 9.85. The zero-order valence-electron chi connectivity index (χ0n) is 11.5. The highest BCUT2D eigenvalue weighted by Gasteiger charge is 2.32. The monoisotopic (exact) mass is 244 g/mol. The van der Waals surface area contributed by atoms with Crippen LogP contribution < -0.4 is 0 Å².